The number of benzene rings is 2. The normalized spacial score (nSPS) is 16.2. The van der Waals surface area contributed by atoms with Crippen molar-refractivity contribution in [2.24, 2.45) is 0 Å². The zero-order valence-electron chi connectivity index (χ0n) is 12.5. The number of ether oxygens (including phenoxy) is 2. The molecule has 1 atom stereocenters. The fourth-order valence-electron chi connectivity index (χ4n) is 2.59. The Bertz CT molecular complexity index is 747. The second-order valence-corrected chi connectivity index (χ2v) is 5.62. The first kappa shape index (κ1) is 15.5. The average molecular weight is 334 g/mol. The van der Waals surface area contributed by atoms with Crippen molar-refractivity contribution in [3.05, 3.63) is 52.5 Å². The fraction of sp³-hybridized carbons (Fsp3) is 0.235. The molecular weight excluding hydrogens is 318 g/mol. The zero-order chi connectivity index (χ0) is 16.4. The maximum absolute atomic E-state index is 12.5. The molecule has 1 amide bonds. The Labute approximate surface area is 138 Å². The summed E-state index contributed by atoms with van der Waals surface area (Å²) >= 11 is 5.94. The Morgan fingerprint density at radius 1 is 1.39 bits per heavy atom. The number of halogens is 1. The third-order valence-electron chi connectivity index (χ3n) is 3.77. The van der Waals surface area contributed by atoms with Gasteiger partial charge in [-0.1, -0.05) is 29.8 Å². The van der Waals surface area contributed by atoms with Crippen LogP contribution in [0.15, 0.2) is 36.4 Å². The predicted molar refractivity (Wildman–Crippen MR) is 86.4 cm³/mol. The number of hydrogen-bond donors (Lipinski definition) is 2. The molecule has 0 spiro atoms. The minimum atomic E-state index is -0.285. The third-order valence-corrected chi connectivity index (χ3v) is 4.06. The van der Waals surface area contributed by atoms with Gasteiger partial charge in [-0.25, -0.2) is 0 Å². The molecule has 1 unspecified atom stereocenters. The maximum Gasteiger partial charge on any atom is 0.251 e. The Morgan fingerprint density at radius 2 is 2.17 bits per heavy atom. The van der Waals surface area contributed by atoms with Crippen LogP contribution in [0.3, 0.4) is 0 Å². The van der Waals surface area contributed by atoms with Gasteiger partial charge in [-0.15, -0.1) is 0 Å². The van der Waals surface area contributed by atoms with Gasteiger partial charge in [0.2, 0.25) is 0 Å². The van der Waals surface area contributed by atoms with E-state index in [1.165, 1.54) is 19.2 Å². The monoisotopic (exact) mass is 333 g/mol. The van der Waals surface area contributed by atoms with Crippen LogP contribution >= 0.6 is 11.6 Å². The highest BCUT2D eigenvalue weighted by Crippen LogP contribution is 2.36. The quantitative estimate of drug-likeness (QED) is 0.904. The van der Waals surface area contributed by atoms with Crippen LogP contribution in [0.1, 0.15) is 28.4 Å². The summed E-state index contributed by atoms with van der Waals surface area (Å²) in [7, 11) is 1.40. The first-order chi connectivity index (χ1) is 11.1. The van der Waals surface area contributed by atoms with Gasteiger partial charge in [0.15, 0.2) is 11.5 Å². The van der Waals surface area contributed by atoms with Crippen LogP contribution in [-0.2, 0) is 0 Å². The number of phenols is 1. The van der Waals surface area contributed by atoms with E-state index in [1.807, 2.05) is 24.3 Å². The molecule has 1 aliphatic rings. The van der Waals surface area contributed by atoms with Crippen LogP contribution in [0.25, 0.3) is 0 Å². The number of hydrogen-bond acceptors (Lipinski definition) is 4. The van der Waals surface area contributed by atoms with Crippen molar-refractivity contribution in [1.82, 2.24) is 5.32 Å². The molecule has 2 aromatic carbocycles. The molecule has 0 saturated carbocycles. The van der Waals surface area contributed by atoms with E-state index in [2.05, 4.69) is 5.32 Å². The number of rotatable bonds is 3. The molecule has 2 N–H and O–H groups in total. The highest BCUT2D eigenvalue weighted by Gasteiger charge is 2.24. The molecule has 6 heteroatoms. The van der Waals surface area contributed by atoms with Crippen LogP contribution in [0.5, 0.6) is 17.2 Å². The second kappa shape index (κ2) is 6.38. The summed E-state index contributed by atoms with van der Waals surface area (Å²) in [4.78, 5) is 12.5. The fourth-order valence-corrected chi connectivity index (χ4v) is 2.80. The first-order valence-corrected chi connectivity index (χ1v) is 7.57. The van der Waals surface area contributed by atoms with Crippen LogP contribution in [0.4, 0.5) is 0 Å². The number of carbonyl (C=O) groups is 1. The SMILES string of the molecule is COc1cc(C(=O)NC2CCOc3ccccc32)cc(Cl)c1O. The molecule has 0 radical (unpaired) electrons. The van der Waals surface area contributed by atoms with E-state index in [9.17, 15) is 9.90 Å². The van der Waals surface area contributed by atoms with Crippen LogP contribution in [0, 0.1) is 0 Å². The van der Waals surface area contributed by atoms with E-state index < -0.39 is 0 Å². The summed E-state index contributed by atoms with van der Waals surface area (Å²) in [5.74, 6) is 0.481. The van der Waals surface area contributed by atoms with Gasteiger partial charge >= 0.3 is 0 Å². The Balaban J connectivity index is 1.85. The van der Waals surface area contributed by atoms with E-state index in [0.29, 0.717) is 18.6 Å². The lowest BCUT2D eigenvalue weighted by Gasteiger charge is -2.26. The molecule has 0 bridgehead atoms. The Morgan fingerprint density at radius 3 is 2.96 bits per heavy atom. The number of carbonyl (C=O) groups excluding carboxylic acids is 1. The largest absolute Gasteiger partial charge is 0.503 e. The van der Waals surface area contributed by atoms with Crippen LogP contribution in [-0.4, -0.2) is 24.7 Å². The summed E-state index contributed by atoms with van der Waals surface area (Å²) in [5, 5.41) is 12.8. The molecule has 0 fully saturated rings. The van der Waals surface area contributed by atoms with Gasteiger partial charge in [0.25, 0.3) is 5.91 Å². The van der Waals surface area contributed by atoms with E-state index in [4.69, 9.17) is 21.1 Å². The standard InChI is InChI=1S/C17H16ClNO4/c1-22-15-9-10(8-12(18)16(15)20)17(21)19-13-6-7-23-14-5-3-2-4-11(13)14/h2-5,8-9,13,20H,6-7H2,1H3,(H,19,21). The van der Waals surface area contributed by atoms with Crippen molar-refractivity contribution in [1.29, 1.82) is 0 Å². The predicted octanol–water partition coefficient (Wildman–Crippen LogP) is 3.31. The molecular formula is C17H16ClNO4. The highest BCUT2D eigenvalue weighted by atomic mass is 35.5. The molecule has 23 heavy (non-hydrogen) atoms. The summed E-state index contributed by atoms with van der Waals surface area (Å²) in [6.45, 7) is 0.543. The smallest absolute Gasteiger partial charge is 0.251 e. The maximum atomic E-state index is 12.5. The van der Waals surface area contributed by atoms with Gasteiger partial charge in [-0.3, -0.25) is 4.79 Å². The number of fused-ring (bicyclic) bond motifs is 1. The summed E-state index contributed by atoms with van der Waals surface area (Å²) < 4.78 is 10.6. The van der Waals surface area contributed by atoms with Gasteiger partial charge in [0.1, 0.15) is 5.75 Å². The second-order valence-electron chi connectivity index (χ2n) is 5.21. The molecule has 1 heterocycles. The average Bonchev–Trinajstić information content (AvgIpc) is 2.57. The van der Waals surface area contributed by atoms with Gasteiger partial charge in [0, 0.05) is 17.5 Å². The van der Waals surface area contributed by atoms with Crippen molar-refractivity contribution < 1.29 is 19.4 Å². The lowest BCUT2D eigenvalue weighted by molar-refractivity contribution is 0.0924. The van der Waals surface area contributed by atoms with Gasteiger partial charge < -0.3 is 19.9 Å². The third kappa shape index (κ3) is 3.05. The van der Waals surface area contributed by atoms with Crippen molar-refractivity contribution >= 4 is 17.5 Å². The molecule has 0 aromatic heterocycles. The van der Waals surface area contributed by atoms with Gasteiger partial charge in [-0.2, -0.15) is 0 Å². The molecule has 5 nitrogen and oxygen atoms in total. The number of amides is 1. The van der Waals surface area contributed by atoms with Crippen molar-refractivity contribution in [3.63, 3.8) is 0 Å². The zero-order valence-corrected chi connectivity index (χ0v) is 13.3. The molecule has 2 aromatic rings. The summed E-state index contributed by atoms with van der Waals surface area (Å²) in [6.07, 6.45) is 0.686. The van der Waals surface area contributed by atoms with Crippen molar-refractivity contribution in [2.75, 3.05) is 13.7 Å². The number of aromatic hydroxyl groups is 1. The number of para-hydroxylation sites is 1. The van der Waals surface area contributed by atoms with Gasteiger partial charge in [0.05, 0.1) is 24.8 Å². The Hall–Kier alpha value is -2.40. The topological polar surface area (TPSA) is 67.8 Å². The number of nitrogens with one attached hydrogen (secondary N) is 1. The lowest BCUT2D eigenvalue weighted by Crippen LogP contribution is -2.32. The van der Waals surface area contributed by atoms with E-state index in [0.717, 1.165) is 11.3 Å². The number of phenolic OH excluding ortho intramolecular Hbond substituents is 1. The molecule has 3 rings (SSSR count). The molecule has 1 aliphatic heterocycles. The van der Waals surface area contributed by atoms with E-state index in [-0.39, 0.29) is 28.5 Å². The van der Waals surface area contributed by atoms with Gasteiger partial charge in [-0.05, 0) is 18.2 Å². The highest BCUT2D eigenvalue weighted by molar-refractivity contribution is 6.32. The lowest BCUT2D eigenvalue weighted by atomic mass is 10.00. The molecule has 0 aliphatic carbocycles. The van der Waals surface area contributed by atoms with Crippen molar-refractivity contribution in [3.8, 4) is 17.2 Å². The van der Waals surface area contributed by atoms with E-state index in [1.54, 1.807) is 0 Å². The summed E-state index contributed by atoms with van der Waals surface area (Å²) in [6, 6.07) is 10.4. The molecule has 120 valence electrons. The first-order valence-electron chi connectivity index (χ1n) is 7.19. The Kier molecular flexibility index (Phi) is 4.30. The van der Waals surface area contributed by atoms with Crippen LogP contribution in [0.2, 0.25) is 5.02 Å². The molecule has 0 saturated heterocycles. The number of methoxy groups -OCH3 is 1. The minimum Gasteiger partial charge on any atom is -0.503 e. The summed E-state index contributed by atoms with van der Waals surface area (Å²) in [5.41, 5.74) is 1.28. The minimum absolute atomic E-state index is 0.0712. The van der Waals surface area contributed by atoms with Crippen LogP contribution < -0.4 is 14.8 Å². The van der Waals surface area contributed by atoms with E-state index >= 15 is 0 Å². The van der Waals surface area contributed by atoms with Crippen molar-refractivity contribution in [2.45, 2.75) is 12.5 Å².